The molecule has 0 unspecified atom stereocenters. The van der Waals surface area contributed by atoms with Crippen LogP contribution in [0.4, 0.5) is 0 Å². The third-order valence-electron chi connectivity index (χ3n) is 4.46. The maximum Gasteiger partial charge on any atom is 0.258 e. The molecule has 1 aliphatic carbocycles. The first-order valence-electron chi connectivity index (χ1n) is 8.97. The van der Waals surface area contributed by atoms with Crippen molar-refractivity contribution < 1.29 is 9.53 Å². The zero-order valence-electron chi connectivity index (χ0n) is 14.6. The van der Waals surface area contributed by atoms with E-state index >= 15 is 0 Å². The normalized spacial score (nSPS) is 16.0. The number of nitrogens with zero attached hydrogens (tertiary/aromatic N) is 4. The summed E-state index contributed by atoms with van der Waals surface area (Å²) in [6.07, 6.45) is 8.42. The molecule has 0 radical (unpaired) electrons. The van der Waals surface area contributed by atoms with Crippen LogP contribution in [0.15, 0.2) is 24.3 Å². The molecule has 0 atom stereocenters. The molecule has 3 rings (SSSR count). The number of rotatable bonds is 5. The lowest BCUT2D eigenvalue weighted by Gasteiger charge is -2.21. The summed E-state index contributed by atoms with van der Waals surface area (Å²) in [5, 5.41) is 15.0. The van der Waals surface area contributed by atoms with Crippen molar-refractivity contribution in [2.75, 3.05) is 6.61 Å². The second-order valence-corrected chi connectivity index (χ2v) is 6.53. The molecule has 25 heavy (non-hydrogen) atoms. The Hall–Kier alpha value is -2.44. The van der Waals surface area contributed by atoms with E-state index < -0.39 is 0 Å². The van der Waals surface area contributed by atoms with Gasteiger partial charge in [0.2, 0.25) is 5.82 Å². The molecule has 0 bridgehead atoms. The lowest BCUT2D eigenvalue weighted by Crippen LogP contribution is -2.38. The van der Waals surface area contributed by atoms with Gasteiger partial charge in [-0.05, 0) is 42.3 Å². The molecule has 1 amide bonds. The second kappa shape index (κ2) is 8.60. The van der Waals surface area contributed by atoms with Crippen LogP contribution < -0.4 is 10.1 Å². The Balaban J connectivity index is 1.46. The fraction of sp³-hybridized carbons (Fsp3) is 0.556. The van der Waals surface area contributed by atoms with Crippen molar-refractivity contribution in [3.63, 3.8) is 0 Å². The molecule has 1 aromatic carbocycles. The van der Waals surface area contributed by atoms with Crippen LogP contribution in [0.3, 0.4) is 0 Å². The maximum atomic E-state index is 12.1. The minimum absolute atomic E-state index is 0.0409. The first-order valence-corrected chi connectivity index (χ1v) is 8.97. The van der Waals surface area contributed by atoms with Gasteiger partial charge < -0.3 is 10.1 Å². The Morgan fingerprint density at radius 2 is 1.84 bits per heavy atom. The molecule has 134 valence electrons. The summed E-state index contributed by atoms with van der Waals surface area (Å²) in [4.78, 5) is 13.5. The van der Waals surface area contributed by atoms with Gasteiger partial charge in [-0.25, -0.2) is 0 Å². The van der Waals surface area contributed by atoms with Gasteiger partial charge in [-0.1, -0.05) is 32.1 Å². The molecule has 0 aliphatic heterocycles. The Morgan fingerprint density at radius 3 is 2.48 bits per heavy atom. The van der Waals surface area contributed by atoms with Crippen LogP contribution in [-0.4, -0.2) is 38.8 Å². The zero-order chi connectivity index (χ0) is 17.5. The number of carbonyl (C=O) groups is 1. The lowest BCUT2D eigenvalue weighted by atomic mass is 9.97. The van der Waals surface area contributed by atoms with Crippen molar-refractivity contribution in [2.45, 2.75) is 51.0 Å². The van der Waals surface area contributed by atoms with E-state index in [1.807, 2.05) is 24.3 Å². The summed E-state index contributed by atoms with van der Waals surface area (Å²) < 4.78 is 5.59. The van der Waals surface area contributed by atoms with Gasteiger partial charge in [0, 0.05) is 11.6 Å². The fourth-order valence-corrected chi connectivity index (χ4v) is 3.12. The smallest absolute Gasteiger partial charge is 0.258 e. The zero-order valence-corrected chi connectivity index (χ0v) is 14.6. The summed E-state index contributed by atoms with van der Waals surface area (Å²) in [6.45, 7) is 0.0409. The fourth-order valence-electron chi connectivity index (χ4n) is 3.12. The van der Waals surface area contributed by atoms with Gasteiger partial charge in [0.15, 0.2) is 6.61 Å². The molecule has 1 heterocycles. The number of aromatic nitrogens is 4. The Bertz CT molecular complexity index is 675. The largest absolute Gasteiger partial charge is 0.484 e. The average molecular weight is 343 g/mol. The number of benzene rings is 1. The molecule has 0 saturated heterocycles. The van der Waals surface area contributed by atoms with Gasteiger partial charge >= 0.3 is 0 Å². The molecule has 1 N–H and O–H groups in total. The molecule has 1 aromatic heterocycles. The van der Waals surface area contributed by atoms with Gasteiger partial charge in [0.05, 0.1) is 7.05 Å². The molecule has 0 spiro atoms. The van der Waals surface area contributed by atoms with Crippen LogP contribution >= 0.6 is 0 Å². The van der Waals surface area contributed by atoms with Crippen molar-refractivity contribution >= 4 is 5.91 Å². The topological polar surface area (TPSA) is 81.9 Å². The van der Waals surface area contributed by atoms with E-state index in [4.69, 9.17) is 4.74 Å². The highest BCUT2D eigenvalue weighted by molar-refractivity contribution is 5.77. The van der Waals surface area contributed by atoms with Gasteiger partial charge in [0.1, 0.15) is 5.75 Å². The Labute approximate surface area is 147 Å². The predicted molar refractivity (Wildman–Crippen MR) is 94.0 cm³/mol. The SMILES string of the molecule is Cn1nnc(-c2ccc(OCC(=O)NC3CCCCCCC3)cc2)n1. The number of nitrogens with one attached hydrogen (secondary N) is 1. The lowest BCUT2D eigenvalue weighted by molar-refractivity contribution is -0.123. The number of ether oxygens (including phenoxy) is 1. The van der Waals surface area contributed by atoms with Crippen LogP contribution in [0.5, 0.6) is 5.75 Å². The van der Waals surface area contributed by atoms with Crippen LogP contribution in [0, 0.1) is 0 Å². The highest BCUT2D eigenvalue weighted by atomic mass is 16.5. The standard InChI is InChI=1S/C18H25N5O2/c1-23-21-18(20-22-23)14-9-11-16(12-10-14)25-13-17(24)19-15-7-5-3-2-4-6-8-15/h9-12,15H,2-8,13H2,1H3,(H,19,24). The Kier molecular flexibility index (Phi) is 5.98. The molecule has 2 aromatic rings. The summed E-state index contributed by atoms with van der Waals surface area (Å²) in [7, 11) is 1.72. The van der Waals surface area contributed by atoms with Crippen LogP contribution in [-0.2, 0) is 11.8 Å². The number of amides is 1. The number of aryl methyl sites for hydroxylation is 1. The van der Waals surface area contributed by atoms with Crippen LogP contribution in [0.2, 0.25) is 0 Å². The number of tetrazole rings is 1. The monoisotopic (exact) mass is 343 g/mol. The second-order valence-electron chi connectivity index (χ2n) is 6.53. The molecular weight excluding hydrogens is 318 g/mol. The molecule has 1 fully saturated rings. The number of hydrogen-bond acceptors (Lipinski definition) is 5. The first-order chi connectivity index (χ1) is 12.2. The average Bonchev–Trinajstić information content (AvgIpc) is 3.02. The minimum Gasteiger partial charge on any atom is -0.484 e. The molecular formula is C18H25N5O2. The summed E-state index contributed by atoms with van der Waals surface area (Å²) >= 11 is 0. The maximum absolute atomic E-state index is 12.1. The van der Waals surface area contributed by atoms with Crippen LogP contribution in [0.25, 0.3) is 11.4 Å². The quantitative estimate of drug-likeness (QED) is 0.902. The van der Waals surface area contributed by atoms with Gasteiger partial charge in [0.25, 0.3) is 5.91 Å². The van der Waals surface area contributed by atoms with E-state index in [1.54, 1.807) is 7.05 Å². The van der Waals surface area contributed by atoms with Crippen molar-refractivity contribution in [1.29, 1.82) is 0 Å². The molecule has 7 nitrogen and oxygen atoms in total. The molecule has 1 aliphatic rings. The minimum atomic E-state index is -0.0507. The van der Waals surface area contributed by atoms with Gasteiger partial charge in [-0.2, -0.15) is 4.80 Å². The van der Waals surface area contributed by atoms with E-state index in [0.717, 1.165) is 18.4 Å². The highest BCUT2D eigenvalue weighted by Gasteiger charge is 2.14. The number of carbonyl (C=O) groups excluding carboxylic acids is 1. The highest BCUT2D eigenvalue weighted by Crippen LogP contribution is 2.19. The Morgan fingerprint density at radius 1 is 1.16 bits per heavy atom. The van der Waals surface area contributed by atoms with Crippen molar-refractivity contribution in [2.24, 2.45) is 7.05 Å². The third kappa shape index (κ3) is 5.27. The third-order valence-corrected chi connectivity index (χ3v) is 4.46. The van der Waals surface area contributed by atoms with E-state index in [2.05, 4.69) is 20.7 Å². The summed E-state index contributed by atoms with van der Waals surface area (Å²) in [5.74, 6) is 1.17. The molecule has 1 saturated carbocycles. The van der Waals surface area contributed by atoms with E-state index in [0.29, 0.717) is 17.6 Å². The van der Waals surface area contributed by atoms with Gasteiger partial charge in [-0.15, -0.1) is 10.2 Å². The first kappa shape index (κ1) is 17.4. The van der Waals surface area contributed by atoms with Crippen molar-refractivity contribution in [3.05, 3.63) is 24.3 Å². The van der Waals surface area contributed by atoms with Crippen LogP contribution in [0.1, 0.15) is 44.9 Å². The van der Waals surface area contributed by atoms with Crippen molar-refractivity contribution in [3.8, 4) is 17.1 Å². The number of hydrogen-bond donors (Lipinski definition) is 1. The van der Waals surface area contributed by atoms with E-state index in [-0.39, 0.29) is 12.5 Å². The molecule has 7 heteroatoms. The predicted octanol–water partition coefficient (Wildman–Crippen LogP) is 2.49. The summed E-state index contributed by atoms with van der Waals surface area (Å²) in [5.41, 5.74) is 0.861. The van der Waals surface area contributed by atoms with E-state index in [1.165, 1.54) is 36.9 Å². The van der Waals surface area contributed by atoms with Crippen molar-refractivity contribution in [1.82, 2.24) is 25.5 Å². The summed E-state index contributed by atoms with van der Waals surface area (Å²) in [6, 6.07) is 7.64. The van der Waals surface area contributed by atoms with E-state index in [9.17, 15) is 4.79 Å². The van der Waals surface area contributed by atoms with Gasteiger partial charge in [-0.3, -0.25) is 4.79 Å².